The van der Waals surface area contributed by atoms with Gasteiger partial charge in [-0.15, -0.1) is 0 Å². The standard InChI is InChI=1S/C36H30O14/c1-47-35(45)29(15-18-2-6-24(39)27(42)14-18)49-36(46)32-31-20(5-9-30(44)48-11-10-19-12-22(37)17-23(38)13-19)3-8-26(41)34(31)50-33(32)21-4-7-25(40)28(43)16-21/h2-14,16-17,29,32-33,37-43H,15H2,1H3/b9-5+,11-10+/t29-,32+,33-/m1/s1. The number of phenolic OH excluding ortho intramolecular Hbond substituents is 7. The van der Waals surface area contributed by atoms with E-state index in [0.29, 0.717) is 11.1 Å². The third kappa shape index (κ3) is 7.65. The van der Waals surface area contributed by atoms with Gasteiger partial charge < -0.3 is 54.7 Å². The van der Waals surface area contributed by atoms with E-state index in [-0.39, 0.29) is 46.1 Å². The lowest BCUT2D eigenvalue weighted by molar-refractivity contribution is -0.167. The van der Waals surface area contributed by atoms with Gasteiger partial charge in [0.25, 0.3) is 0 Å². The Morgan fingerprint density at radius 3 is 2.10 bits per heavy atom. The van der Waals surface area contributed by atoms with Crippen LogP contribution in [0.2, 0.25) is 0 Å². The molecule has 0 spiro atoms. The Morgan fingerprint density at radius 1 is 0.780 bits per heavy atom. The van der Waals surface area contributed by atoms with Crippen LogP contribution in [-0.4, -0.2) is 66.9 Å². The number of ether oxygens (including phenoxy) is 4. The maximum Gasteiger partial charge on any atom is 0.347 e. The third-order valence-corrected chi connectivity index (χ3v) is 7.60. The second kappa shape index (κ2) is 14.5. The Labute approximate surface area is 283 Å². The minimum Gasteiger partial charge on any atom is -0.508 e. The van der Waals surface area contributed by atoms with Crippen molar-refractivity contribution < 1.29 is 69.1 Å². The first kappa shape index (κ1) is 34.5. The Bertz CT molecular complexity index is 1990. The number of fused-ring (bicyclic) bond motifs is 1. The molecule has 1 aliphatic rings. The number of carbonyl (C=O) groups is 3. The minimum atomic E-state index is -1.55. The molecule has 5 rings (SSSR count). The van der Waals surface area contributed by atoms with Crippen molar-refractivity contribution in [3.63, 3.8) is 0 Å². The van der Waals surface area contributed by atoms with Crippen molar-refractivity contribution in [2.75, 3.05) is 7.11 Å². The fourth-order valence-corrected chi connectivity index (χ4v) is 5.28. The van der Waals surface area contributed by atoms with Gasteiger partial charge in [-0.25, -0.2) is 9.59 Å². The molecule has 258 valence electrons. The quantitative estimate of drug-likeness (QED) is 0.0403. The van der Waals surface area contributed by atoms with Crippen LogP contribution < -0.4 is 4.74 Å². The van der Waals surface area contributed by atoms with E-state index in [1.807, 2.05) is 0 Å². The maximum absolute atomic E-state index is 14.1. The zero-order chi connectivity index (χ0) is 36.1. The molecule has 4 aromatic rings. The molecule has 1 heterocycles. The third-order valence-electron chi connectivity index (χ3n) is 7.60. The largest absolute Gasteiger partial charge is 0.508 e. The molecule has 0 amide bonds. The van der Waals surface area contributed by atoms with E-state index in [4.69, 9.17) is 18.9 Å². The first-order valence-electron chi connectivity index (χ1n) is 14.8. The number of benzene rings is 4. The van der Waals surface area contributed by atoms with E-state index in [1.54, 1.807) is 0 Å². The molecule has 3 atom stereocenters. The lowest BCUT2D eigenvalue weighted by atomic mass is 9.87. The zero-order valence-electron chi connectivity index (χ0n) is 26.1. The molecule has 7 N–H and O–H groups in total. The highest BCUT2D eigenvalue weighted by atomic mass is 16.6. The molecule has 14 nitrogen and oxygen atoms in total. The molecule has 0 radical (unpaired) electrons. The number of methoxy groups -OCH3 is 1. The van der Waals surface area contributed by atoms with Crippen LogP contribution in [0.25, 0.3) is 12.2 Å². The number of phenols is 7. The number of esters is 3. The van der Waals surface area contributed by atoms with Crippen LogP contribution in [0.5, 0.6) is 46.0 Å². The molecule has 0 unspecified atom stereocenters. The second-order valence-electron chi connectivity index (χ2n) is 11.0. The van der Waals surface area contributed by atoms with Gasteiger partial charge in [0, 0.05) is 24.1 Å². The Hall–Kier alpha value is -6.83. The van der Waals surface area contributed by atoms with Crippen molar-refractivity contribution in [2.24, 2.45) is 0 Å². The summed E-state index contributed by atoms with van der Waals surface area (Å²) in [5, 5.41) is 69.7. The fraction of sp³-hybridized carbons (Fsp3) is 0.139. The lowest BCUT2D eigenvalue weighted by Crippen LogP contribution is -2.33. The lowest BCUT2D eigenvalue weighted by Gasteiger charge is -2.22. The van der Waals surface area contributed by atoms with Gasteiger partial charge in [-0.3, -0.25) is 4.79 Å². The molecule has 50 heavy (non-hydrogen) atoms. The first-order chi connectivity index (χ1) is 23.8. The monoisotopic (exact) mass is 686 g/mol. The van der Waals surface area contributed by atoms with E-state index < -0.39 is 59.0 Å². The topological polar surface area (TPSA) is 230 Å². The van der Waals surface area contributed by atoms with Crippen molar-refractivity contribution >= 4 is 30.1 Å². The molecule has 0 saturated heterocycles. The summed E-state index contributed by atoms with van der Waals surface area (Å²) < 4.78 is 21.6. The van der Waals surface area contributed by atoms with Crippen LogP contribution in [-0.2, 0) is 35.0 Å². The highest BCUT2D eigenvalue weighted by molar-refractivity contribution is 5.91. The van der Waals surface area contributed by atoms with Crippen LogP contribution >= 0.6 is 0 Å². The number of aromatic hydroxyl groups is 7. The molecular weight excluding hydrogens is 656 g/mol. The summed E-state index contributed by atoms with van der Waals surface area (Å²) in [5.74, 6) is -7.11. The van der Waals surface area contributed by atoms with Crippen molar-refractivity contribution in [3.05, 3.63) is 107 Å². The highest BCUT2D eigenvalue weighted by Gasteiger charge is 2.46. The molecule has 0 fully saturated rings. The smallest absolute Gasteiger partial charge is 0.347 e. The van der Waals surface area contributed by atoms with E-state index in [0.717, 1.165) is 37.6 Å². The fourth-order valence-electron chi connectivity index (χ4n) is 5.28. The Morgan fingerprint density at radius 2 is 1.44 bits per heavy atom. The average molecular weight is 687 g/mol. The van der Waals surface area contributed by atoms with Gasteiger partial charge in [0.15, 0.2) is 34.5 Å². The van der Waals surface area contributed by atoms with E-state index in [1.165, 1.54) is 60.7 Å². The average Bonchev–Trinajstić information content (AvgIpc) is 3.48. The second-order valence-corrected chi connectivity index (χ2v) is 11.0. The summed E-state index contributed by atoms with van der Waals surface area (Å²) in [6.45, 7) is 0. The van der Waals surface area contributed by atoms with Crippen molar-refractivity contribution in [1.82, 2.24) is 0 Å². The van der Waals surface area contributed by atoms with Crippen LogP contribution in [0.1, 0.15) is 39.8 Å². The van der Waals surface area contributed by atoms with Crippen LogP contribution in [0.3, 0.4) is 0 Å². The number of rotatable bonds is 10. The minimum absolute atomic E-state index is 0.0493. The molecule has 0 bridgehead atoms. The Kier molecular flexibility index (Phi) is 10.0. The van der Waals surface area contributed by atoms with Crippen molar-refractivity contribution in [3.8, 4) is 46.0 Å². The normalized spacial score (nSPS) is 15.7. The van der Waals surface area contributed by atoms with Gasteiger partial charge in [-0.2, -0.15) is 0 Å². The number of hydrogen-bond acceptors (Lipinski definition) is 14. The van der Waals surface area contributed by atoms with E-state index in [9.17, 15) is 50.1 Å². The summed E-state index contributed by atoms with van der Waals surface area (Å²) in [4.78, 5) is 39.4. The van der Waals surface area contributed by atoms with Gasteiger partial charge >= 0.3 is 17.9 Å². The maximum atomic E-state index is 14.1. The summed E-state index contributed by atoms with van der Waals surface area (Å²) >= 11 is 0. The van der Waals surface area contributed by atoms with Gasteiger partial charge in [0.05, 0.1) is 13.4 Å². The van der Waals surface area contributed by atoms with Gasteiger partial charge in [0.2, 0.25) is 6.10 Å². The van der Waals surface area contributed by atoms with Gasteiger partial charge in [-0.05, 0) is 76.9 Å². The summed E-state index contributed by atoms with van der Waals surface area (Å²) in [5.41, 5.74) is 1.07. The molecular formula is C36H30O14. The van der Waals surface area contributed by atoms with Crippen molar-refractivity contribution in [1.29, 1.82) is 0 Å². The molecule has 0 aromatic heterocycles. The first-order valence-corrected chi connectivity index (χ1v) is 14.8. The van der Waals surface area contributed by atoms with Gasteiger partial charge in [0.1, 0.15) is 23.5 Å². The van der Waals surface area contributed by atoms with Crippen LogP contribution in [0.4, 0.5) is 0 Å². The summed E-state index contributed by atoms with van der Waals surface area (Å²) in [6, 6.07) is 13.9. The number of hydrogen-bond donors (Lipinski definition) is 7. The molecule has 4 aromatic carbocycles. The van der Waals surface area contributed by atoms with Crippen LogP contribution in [0.15, 0.2) is 79.1 Å². The zero-order valence-corrected chi connectivity index (χ0v) is 26.1. The van der Waals surface area contributed by atoms with Gasteiger partial charge in [-0.1, -0.05) is 18.2 Å². The predicted octanol–water partition coefficient (Wildman–Crippen LogP) is 4.40. The highest BCUT2D eigenvalue weighted by Crippen LogP contribution is 2.53. The molecule has 1 aliphatic heterocycles. The SMILES string of the molecule is COC(=O)[C@@H](Cc1ccc(O)c(O)c1)OC(=O)[C@H]1c2c(/C=C/C(=O)O/C=C/c3cc(O)cc(O)c3)ccc(O)c2O[C@@H]1c1ccc(O)c(O)c1. The Balaban J connectivity index is 1.48. The molecule has 14 heteroatoms. The molecule has 0 aliphatic carbocycles. The number of carbonyl (C=O) groups excluding carboxylic acids is 3. The summed E-state index contributed by atoms with van der Waals surface area (Å²) in [6.07, 6.45) is 1.54. The van der Waals surface area contributed by atoms with E-state index >= 15 is 0 Å². The molecule has 0 saturated carbocycles. The summed E-state index contributed by atoms with van der Waals surface area (Å²) in [7, 11) is 1.08. The van der Waals surface area contributed by atoms with E-state index in [2.05, 4.69) is 0 Å². The van der Waals surface area contributed by atoms with Crippen molar-refractivity contribution in [2.45, 2.75) is 24.5 Å². The van der Waals surface area contributed by atoms with Crippen LogP contribution in [0, 0.1) is 0 Å². The predicted molar refractivity (Wildman–Crippen MR) is 173 cm³/mol.